The Balaban J connectivity index is 1.88. The average Bonchev–Trinajstić information content (AvgIpc) is 2.90. The van der Waals surface area contributed by atoms with Crippen molar-refractivity contribution in [1.82, 2.24) is 14.5 Å². The van der Waals surface area contributed by atoms with Crippen LogP contribution >= 0.6 is 0 Å². The van der Waals surface area contributed by atoms with Gasteiger partial charge in [-0.3, -0.25) is 10.0 Å². The molecule has 0 spiro atoms. The lowest BCUT2D eigenvalue weighted by molar-refractivity contribution is -0.170. The maximum atomic E-state index is 12.6. The number of hydrogen-bond donors (Lipinski definition) is 1. The highest BCUT2D eigenvalue weighted by molar-refractivity contribution is 7.89. The van der Waals surface area contributed by atoms with Gasteiger partial charge in [0.15, 0.2) is 0 Å². The molecule has 1 aromatic rings. The predicted molar refractivity (Wildman–Crippen MR) is 96.2 cm³/mol. The van der Waals surface area contributed by atoms with Gasteiger partial charge in [-0.25, -0.2) is 17.8 Å². The van der Waals surface area contributed by atoms with Crippen LogP contribution in [-0.2, 0) is 21.2 Å². The maximum Gasteiger partial charge on any atom is 0.233 e. The van der Waals surface area contributed by atoms with Crippen LogP contribution in [0.25, 0.3) is 0 Å². The third-order valence-electron chi connectivity index (χ3n) is 5.21. The first-order valence-corrected chi connectivity index (χ1v) is 10.5. The number of hydrogen-bond acceptors (Lipinski definition) is 6. The van der Waals surface area contributed by atoms with Crippen molar-refractivity contribution in [2.24, 2.45) is 5.92 Å². The molecule has 0 atom stereocenters. The summed E-state index contributed by atoms with van der Waals surface area (Å²) in [6.07, 6.45) is 3.72. The predicted octanol–water partition coefficient (Wildman–Crippen LogP) is 1.89. The van der Waals surface area contributed by atoms with Gasteiger partial charge in [0.1, 0.15) is 5.76 Å². The van der Waals surface area contributed by atoms with E-state index >= 15 is 0 Å². The van der Waals surface area contributed by atoms with Crippen LogP contribution in [-0.4, -0.2) is 58.9 Å². The van der Waals surface area contributed by atoms with Crippen molar-refractivity contribution in [1.29, 1.82) is 0 Å². The van der Waals surface area contributed by atoms with Gasteiger partial charge in [0.25, 0.3) is 0 Å². The van der Waals surface area contributed by atoms with Crippen LogP contribution in [0.15, 0.2) is 4.52 Å². The van der Waals surface area contributed by atoms with Crippen molar-refractivity contribution in [3.05, 3.63) is 17.0 Å². The Labute approximate surface area is 155 Å². The molecule has 1 aromatic heterocycles. The lowest BCUT2D eigenvalue weighted by Gasteiger charge is -2.35. The maximum absolute atomic E-state index is 12.6. The summed E-state index contributed by atoms with van der Waals surface area (Å²) in [5.74, 6) is 1.01. The molecule has 0 radical (unpaired) electrons. The molecule has 148 valence electrons. The molecule has 26 heavy (non-hydrogen) atoms. The molecule has 0 unspecified atom stereocenters. The molecule has 2 rings (SSSR count). The van der Waals surface area contributed by atoms with Crippen molar-refractivity contribution >= 4 is 16.4 Å². The van der Waals surface area contributed by atoms with Crippen LogP contribution in [0.2, 0.25) is 0 Å². The smallest absolute Gasteiger partial charge is 0.233 e. The molecule has 8 nitrogen and oxygen atoms in total. The second-order valence-corrected chi connectivity index (χ2v) is 9.67. The zero-order chi connectivity index (χ0) is 19.5. The van der Waals surface area contributed by atoms with E-state index < -0.39 is 15.6 Å². The Kier molecular flexibility index (Phi) is 6.46. The fourth-order valence-corrected chi connectivity index (χ4v) is 5.40. The number of carbonyl (C=O) groups is 1. The molecule has 0 aromatic carbocycles. The van der Waals surface area contributed by atoms with E-state index in [1.807, 2.05) is 13.8 Å². The number of nitrogens with zero attached hydrogens (tertiary/aromatic N) is 3. The fraction of sp³-hybridized carbons (Fsp3) is 0.765. The summed E-state index contributed by atoms with van der Waals surface area (Å²) in [5, 5.41) is 13.9. The standard InChI is InChI=1S/C17H29N3O5S/c1-13-16(14(2)25-18-13)6-5-15-7-9-19(10-8-15)26(23,24)11-17(3,4)20(22)12-21/h12,15,22H,5-11H2,1-4H3. The summed E-state index contributed by atoms with van der Waals surface area (Å²) in [7, 11) is -3.54. The summed E-state index contributed by atoms with van der Waals surface area (Å²) >= 11 is 0. The van der Waals surface area contributed by atoms with Gasteiger partial charge < -0.3 is 4.52 Å². The number of rotatable bonds is 8. The lowest BCUT2D eigenvalue weighted by Crippen LogP contribution is -2.50. The molecule has 9 heteroatoms. The third-order valence-corrected chi connectivity index (χ3v) is 7.43. The van der Waals surface area contributed by atoms with E-state index in [-0.39, 0.29) is 12.2 Å². The first kappa shape index (κ1) is 20.9. The highest BCUT2D eigenvalue weighted by Gasteiger charge is 2.36. The number of hydroxylamine groups is 2. The number of sulfonamides is 1. The molecule has 1 aliphatic heterocycles. The molecule has 2 heterocycles. The SMILES string of the molecule is Cc1noc(C)c1CCC1CCN(S(=O)(=O)CC(C)(C)N(O)C=O)CC1. The monoisotopic (exact) mass is 387 g/mol. The largest absolute Gasteiger partial charge is 0.361 e. The van der Waals surface area contributed by atoms with Gasteiger partial charge in [-0.05, 0) is 59.3 Å². The van der Waals surface area contributed by atoms with Gasteiger partial charge in [0.05, 0.1) is 17.0 Å². The minimum Gasteiger partial charge on any atom is -0.361 e. The number of aryl methyl sites for hydroxylation is 2. The van der Waals surface area contributed by atoms with E-state index in [2.05, 4.69) is 5.16 Å². The first-order valence-electron chi connectivity index (χ1n) is 8.90. The third kappa shape index (κ3) is 4.83. The van der Waals surface area contributed by atoms with E-state index in [4.69, 9.17) is 4.52 Å². The molecule has 0 aliphatic carbocycles. The Hall–Kier alpha value is -1.45. The number of carbonyl (C=O) groups excluding carboxylic acids is 1. The molecular weight excluding hydrogens is 358 g/mol. The summed E-state index contributed by atoms with van der Waals surface area (Å²) in [5.41, 5.74) is 0.910. The highest BCUT2D eigenvalue weighted by Crippen LogP contribution is 2.27. The molecular formula is C17H29N3O5S. The zero-order valence-corrected chi connectivity index (χ0v) is 16.8. The van der Waals surface area contributed by atoms with Crippen LogP contribution in [0, 0.1) is 19.8 Å². The number of aromatic nitrogens is 1. The molecule has 0 bridgehead atoms. The van der Waals surface area contributed by atoms with Crippen molar-refractivity contribution in [2.75, 3.05) is 18.8 Å². The Bertz CT molecular complexity index is 701. The van der Waals surface area contributed by atoms with E-state index in [0.29, 0.717) is 24.1 Å². The van der Waals surface area contributed by atoms with Crippen LogP contribution in [0.5, 0.6) is 0 Å². The molecule has 1 fully saturated rings. The van der Waals surface area contributed by atoms with Crippen LogP contribution in [0.1, 0.15) is 50.1 Å². The van der Waals surface area contributed by atoms with Crippen LogP contribution < -0.4 is 0 Å². The van der Waals surface area contributed by atoms with E-state index in [0.717, 1.165) is 42.7 Å². The van der Waals surface area contributed by atoms with Crippen molar-refractivity contribution in [3.63, 3.8) is 0 Å². The summed E-state index contributed by atoms with van der Waals surface area (Å²) in [4.78, 5) is 10.7. The van der Waals surface area contributed by atoms with Crippen molar-refractivity contribution in [3.8, 4) is 0 Å². The Morgan fingerprint density at radius 1 is 1.35 bits per heavy atom. The molecule has 1 N–H and O–H groups in total. The van der Waals surface area contributed by atoms with Crippen molar-refractivity contribution < 1.29 is 22.9 Å². The first-order chi connectivity index (χ1) is 12.1. The summed E-state index contributed by atoms with van der Waals surface area (Å²) in [6.45, 7) is 7.83. The molecule has 0 saturated carbocycles. The van der Waals surface area contributed by atoms with Gasteiger partial charge in [-0.1, -0.05) is 5.16 Å². The second-order valence-electron chi connectivity index (χ2n) is 7.70. The van der Waals surface area contributed by atoms with Crippen LogP contribution in [0.4, 0.5) is 0 Å². The van der Waals surface area contributed by atoms with Gasteiger partial charge in [0.2, 0.25) is 16.4 Å². The molecule has 1 amide bonds. The van der Waals surface area contributed by atoms with Gasteiger partial charge in [-0.2, -0.15) is 0 Å². The van der Waals surface area contributed by atoms with E-state index in [1.165, 1.54) is 18.2 Å². The van der Waals surface area contributed by atoms with E-state index in [9.17, 15) is 18.4 Å². The minimum atomic E-state index is -3.54. The molecule has 1 aliphatic rings. The topological polar surface area (TPSA) is 104 Å². The number of amides is 1. The Morgan fingerprint density at radius 3 is 2.46 bits per heavy atom. The van der Waals surface area contributed by atoms with Gasteiger partial charge in [-0.15, -0.1) is 0 Å². The lowest BCUT2D eigenvalue weighted by atomic mass is 9.91. The van der Waals surface area contributed by atoms with Crippen molar-refractivity contribution in [2.45, 2.75) is 58.9 Å². The normalized spacial score (nSPS) is 17.4. The second kappa shape index (κ2) is 8.06. The fourth-order valence-electron chi connectivity index (χ4n) is 3.43. The summed E-state index contributed by atoms with van der Waals surface area (Å²) < 4.78 is 31.9. The van der Waals surface area contributed by atoms with Crippen LogP contribution in [0.3, 0.4) is 0 Å². The Morgan fingerprint density at radius 2 is 1.96 bits per heavy atom. The zero-order valence-electron chi connectivity index (χ0n) is 15.9. The highest BCUT2D eigenvalue weighted by atomic mass is 32.2. The quantitative estimate of drug-likeness (QED) is 0.415. The molecule has 1 saturated heterocycles. The van der Waals surface area contributed by atoms with Gasteiger partial charge >= 0.3 is 0 Å². The van der Waals surface area contributed by atoms with E-state index in [1.54, 1.807) is 0 Å². The van der Waals surface area contributed by atoms with Gasteiger partial charge in [0, 0.05) is 18.7 Å². The average molecular weight is 388 g/mol. The summed E-state index contributed by atoms with van der Waals surface area (Å²) in [6, 6.07) is 0. The number of piperidine rings is 1. The minimum absolute atomic E-state index is 0.233.